The monoisotopic (exact) mass is 370 g/mol. The fourth-order valence-electron chi connectivity index (χ4n) is 2.63. The average Bonchev–Trinajstić information content (AvgIpc) is 3.12. The van der Waals surface area contributed by atoms with Crippen LogP contribution in [-0.4, -0.2) is 22.5 Å². The van der Waals surface area contributed by atoms with Crippen molar-refractivity contribution in [2.45, 2.75) is 13.0 Å². The molecule has 0 spiro atoms. The fraction of sp³-hybridized carbons (Fsp3) is 0.167. The molecule has 0 saturated heterocycles. The maximum absolute atomic E-state index is 12.5. The lowest BCUT2D eigenvalue weighted by Gasteiger charge is -2.20. The van der Waals surface area contributed by atoms with E-state index in [1.807, 2.05) is 47.8 Å². The van der Waals surface area contributed by atoms with E-state index in [1.54, 1.807) is 0 Å². The van der Waals surface area contributed by atoms with E-state index in [2.05, 4.69) is 4.98 Å². The van der Waals surface area contributed by atoms with Crippen molar-refractivity contribution in [3.05, 3.63) is 79.1 Å². The molecule has 0 aliphatic rings. The summed E-state index contributed by atoms with van der Waals surface area (Å²) in [6.07, 6.45) is 0.158. The van der Waals surface area contributed by atoms with Crippen LogP contribution in [0.25, 0.3) is 0 Å². The molecule has 0 fully saturated rings. The molecule has 2 heterocycles. The third-order valence-corrected chi connectivity index (χ3v) is 4.89. The zero-order valence-electron chi connectivity index (χ0n) is 14.1. The fourth-order valence-corrected chi connectivity index (χ4v) is 3.33. The molecule has 7 nitrogen and oxygen atoms in total. The van der Waals surface area contributed by atoms with Gasteiger partial charge in [-0.1, -0.05) is 36.4 Å². The van der Waals surface area contributed by atoms with E-state index in [-0.39, 0.29) is 30.4 Å². The molecule has 0 aliphatic heterocycles. The van der Waals surface area contributed by atoms with Crippen LogP contribution >= 0.6 is 11.3 Å². The van der Waals surface area contributed by atoms with Gasteiger partial charge in [-0.25, -0.2) is 4.79 Å². The summed E-state index contributed by atoms with van der Waals surface area (Å²) in [4.78, 5) is 41.3. The number of carbonyl (C=O) groups excluding carboxylic acids is 1. The van der Waals surface area contributed by atoms with Gasteiger partial charge in [-0.2, -0.15) is 0 Å². The zero-order valence-corrected chi connectivity index (χ0v) is 15.0. The molecular weight excluding hydrogens is 352 g/mol. The highest BCUT2D eigenvalue weighted by molar-refractivity contribution is 7.10. The lowest BCUT2D eigenvalue weighted by molar-refractivity contribution is -0.117. The van der Waals surface area contributed by atoms with Crippen LogP contribution < -0.4 is 21.9 Å². The molecule has 0 atom stereocenters. The van der Waals surface area contributed by atoms with Crippen LogP contribution in [0.3, 0.4) is 0 Å². The number of nitrogen functional groups attached to an aromatic ring is 1. The lowest BCUT2D eigenvalue weighted by atomic mass is 10.2. The quantitative estimate of drug-likeness (QED) is 0.709. The highest BCUT2D eigenvalue weighted by Gasteiger charge is 2.21. The molecule has 1 amide bonds. The van der Waals surface area contributed by atoms with E-state index in [0.717, 1.165) is 10.4 Å². The van der Waals surface area contributed by atoms with E-state index < -0.39 is 11.2 Å². The van der Waals surface area contributed by atoms with Gasteiger partial charge in [0.25, 0.3) is 5.56 Å². The van der Waals surface area contributed by atoms with Crippen molar-refractivity contribution in [1.82, 2.24) is 9.55 Å². The molecule has 0 saturated carbocycles. The maximum atomic E-state index is 12.5. The Kier molecular flexibility index (Phi) is 5.04. The van der Waals surface area contributed by atoms with Gasteiger partial charge < -0.3 is 10.6 Å². The topological polar surface area (TPSA) is 101 Å². The first kappa shape index (κ1) is 17.7. The van der Waals surface area contributed by atoms with Crippen LogP contribution in [0.4, 0.5) is 11.5 Å². The van der Waals surface area contributed by atoms with Crippen LogP contribution in [0.15, 0.2) is 57.4 Å². The Morgan fingerprint density at radius 1 is 1.19 bits per heavy atom. The van der Waals surface area contributed by atoms with Crippen LogP contribution in [0.2, 0.25) is 0 Å². The van der Waals surface area contributed by atoms with Crippen molar-refractivity contribution >= 4 is 28.7 Å². The van der Waals surface area contributed by atoms with Gasteiger partial charge >= 0.3 is 5.69 Å². The zero-order chi connectivity index (χ0) is 18.7. The van der Waals surface area contributed by atoms with Crippen molar-refractivity contribution in [3.63, 3.8) is 0 Å². The molecule has 26 heavy (non-hydrogen) atoms. The number of likely N-dealkylation sites (N-methyl/N-ethyl adjacent to an activating group) is 1. The van der Waals surface area contributed by atoms with Crippen LogP contribution in [0.5, 0.6) is 0 Å². The molecule has 134 valence electrons. The van der Waals surface area contributed by atoms with Gasteiger partial charge in [-0.3, -0.25) is 19.1 Å². The summed E-state index contributed by atoms with van der Waals surface area (Å²) in [5.74, 6) is -0.320. The van der Waals surface area contributed by atoms with Gasteiger partial charge in [-0.15, -0.1) is 11.3 Å². The first-order valence-electron chi connectivity index (χ1n) is 7.93. The van der Waals surface area contributed by atoms with Crippen LogP contribution in [0.1, 0.15) is 10.4 Å². The Labute approximate surface area is 153 Å². The van der Waals surface area contributed by atoms with Gasteiger partial charge in [0.1, 0.15) is 5.82 Å². The smallest absolute Gasteiger partial charge is 0.330 e. The van der Waals surface area contributed by atoms with Gasteiger partial charge in [0, 0.05) is 11.9 Å². The molecule has 3 N–H and O–H groups in total. The molecule has 3 aromatic rings. The van der Waals surface area contributed by atoms with Gasteiger partial charge in [-0.05, 0) is 17.0 Å². The molecule has 0 aliphatic carbocycles. The second-order valence-electron chi connectivity index (χ2n) is 5.77. The number of aromatic nitrogens is 2. The molecule has 2 aromatic heterocycles. The van der Waals surface area contributed by atoms with E-state index in [9.17, 15) is 14.4 Å². The van der Waals surface area contributed by atoms with E-state index in [1.165, 1.54) is 27.9 Å². The van der Waals surface area contributed by atoms with Crippen molar-refractivity contribution in [1.29, 1.82) is 0 Å². The number of hydrogen-bond acceptors (Lipinski definition) is 5. The van der Waals surface area contributed by atoms with Crippen molar-refractivity contribution < 1.29 is 4.79 Å². The minimum atomic E-state index is -0.682. The van der Waals surface area contributed by atoms with E-state index in [4.69, 9.17) is 5.73 Å². The first-order valence-corrected chi connectivity index (χ1v) is 8.81. The number of rotatable bonds is 5. The molecule has 8 heteroatoms. The average molecular weight is 370 g/mol. The number of anilines is 2. The van der Waals surface area contributed by atoms with E-state index >= 15 is 0 Å². The molecule has 3 rings (SSSR count). The van der Waals surface area contributed by atoms with Gasteiger partial charge in [0.2, 0.25) is 5.91 Å². The first-order chi connectivity index (χ1) is 12.5. The van der Waals surface area contributed by atoms with Gasteiger partial charge in [0.15, 0.2) is 5.69 Å². The molecular formula is C18H18N4O3S. The van der Waals surface area contributed by atoms with Gasteiger partial charge in [0.05, 0.1) is 13.0 Å². The summed E-state index contributed by atoms with van der Waals surface area (Å²) in [7, 11) is 1.48. The number of nitrogens with two attached hydrogens (primary N) is 1. The normalized spacial score (nSPS) is 10.7. The minimum Gasteiger partial charge on any atom is -0.383 e. The standard InChI is InChI=1S/C18H18N4O3S/c1-21(14(23)10-13-8-5-9-26-13)15-16(19)22(18(25)20-17(15)24)11-12-6-3-2-4-7-12/h2-9H,10-11,19H2,1H3,(H,20,24,25). The number of thiophene rings is 1. The van der Waals surface area contributed by atoms with Crippen molar-refractivity contribution in [2.75, 3.05) is 17.7 Å². The Morgan fingerprint density at radius 3 is 2.58 bits per heavy atom. The predicted octanol–water partition coefficient (Wildman–Crippen LogP) is 1.43. The molecule has 0 unspecified atom stereocenters. The number of amides is 1. The summed E-state index contributed by atoms with van der Waals surface area (Å²) in [5.41, 5.74) is 5.63. The minimum absolute atomic E-state index is 0.0258. The summed E-state index contributed by atoms with van der Waals surface area (Å²) < 4.78 is 1.25. The second-order valence-corrected chi connectivity index (χ2v) is 6.81. The van der Waals surface area contributed by atoms with Crippen LogP contribution in [-0.2, 0) is 17.8 Å². The lowest BCUT2D eigenvalue weighted by Crippen LogP contribution is -2.39. The third kappa shape index (κ3) is 3.60. The number of carbonyl (C=O) groups is 1. The molecule has 0 bridgehead atoms. The summed E-state index contributed by atoms with van der Waals surface area (Å²) in [6.45, 7) is 0.197. The summed E-state index contributed by atoms with van der Waals surface area (Å²) in [5, 5.41) is 1.88. The Morgan fingerprint density at radius 2 is 1.92 bits per heavy atom. The van der Waals surface area contributed by atoms with Crippen molar-refractivity contribution in [2.24, 2.45) is 0 Å². The number of aromatic amines is 1. The summed E-state index contributed by atoms with van der Waals surface area (Å²) in [6, 6.07) is 13.0. The predicted molar refractivity (Wildman–Crippen MR) is 103 cm³/mol. The highest BCUT2D eigenvalue weighted by Crippen LogP contribution is 2.18. The largest absolute Gasteiger partial charge is 0.383 e. The number of nitrogens with zero attached hydrogens (tertiary/aromatic N) is 2. The number of benzene rings is 1. The number of nitrogens with one attached hydrogen (secondary N) is 1. The summed E-state index contributed by atoms with van der Waals surface area (Å²) >= 11 is 1.46. The third-order valence-electron chi connectivity index (χ3n) is 4.01. The highest BCUT2D eigenvalue weighted by atomic mass is 32.1. The molecule has 1 aromatic carbocycles. The Hall–Kier alpha value is -3.13. The maximum Gasteiger partial charge on any atom is 0.330 e. The Bertz CT molecular complexity index is 1020. The molecule has 0 radical (unpaired) electrons. The van der Waals surface area contributed by atoms with E-state index in [0.29, 0.717) is 0 Å². The number of hydrogen-bond donors (Lipinski definition) is 2. The Balaban J connectivity index is 1.96. The van der Waals surface area contributed by atoms with Crippen molar-refractivity contribution in [3.8, 4) is 0 Å². The SMILES string of the molecule is CN(C(=O)Cc1cccs1)c1c(N)n(Cc2ccccc2)c(=O)[nH]c1=O. The van der Waals surface area contributed by atoms with Crippen LogP contribution in [0, 0.1) is 0 Å². The second kappa shape index (κ2) is 7.40. The number of H-pyrrole nitrogens is 1.